The van der Waals surface area contributed by atoms with Crippen LogP contribution in [0, 0.1) is 11.8 Å². The first kappa shape index (κ1) is 25.9. The van der Waals surface area contributed by atoms with E-state index in [1.165, 1.54) is 65.0 Å². The van der Waals surface area contributed by atoms with Crippen LogP contribution < -0.4 is 10.6 Å². The smallest absolute Gasteiger partial charge is 0.0107 e. The van der Waals surface area contributed by atoms with E-state index in [0.29, 0.717) is 0 Å². The van der Waals surface area contributed by atoms with E-state index in [1.807, 2.05) is 0 Å². The average molecular weight is 397 g/mol. The number of piperidine rings is 2. The van der Waals surface area contributed by atoms with Crippen molar-refractivity contribution in [2.75, 3.05) is 52.4 Å². The Bertz CT molecular complexity index is 358. The predicted molar refractivity (Wildman–Crippen MR) is 125 cm³/mol. The second kappa shape index (κ2) is 12.5. The second-order valence-corrected chi connectivity index (χ2v) is 11.4. The summed E-state index contributed by atoms with van der Waals surface area (Å²) in [5.41, 5.74) is 0.531. The quantitative estimate of drug-likeness (QED) is 0.704. The third-order valence-electron chi connectivity index (χ3n) is 5.65. The fourth-order valence-electron chi connectivity index (χ4n) is 4.16. The van der Waals surface area contributed by atoms with Crippen LogP contribution in [0.2, 0.25) is 0 Å². The molecule has 0 amide bonds. The predicted octanol–water partition coefficient (Wildman–Crippen LogP) is 4.21. The first-order valence-electron chi connectivity index (χ1n) is 11.9. The summed E-state index contributed by atoms with van der Waals surface area (Å²) in [4.78, 5) is 5.18. The summed E-state index contributed by atoms with van der Waals surface area (Å²) < 4.78 is 0. The number of nitrogens with zero attached hydrogens (tertiary/aromatic N) is 2. The van der Waals surface area contributed by atoms with Gasteiger partial charge in [-0.25, -0.2) is 0 Å². The van der Waals surface area contributed by atoms with Gasteiger partial charge in [-0.15, -0.1) is 0 Å². The summed E-state index contributed by atoms with van der Waals surface area (Å²) in [5, 5.41) is 7.08. The SMILES string of the molecule is C[C@@H]1CCCN(CCNC(C)(C)C)C1.C[C@H]1CCCN(CCNC(C)(C)C)C1. The van der Waals surface area contributed by atoms with Gasteiger partial charge in [0.2, 0.25) is 0 Å². The molecule has 0 unspecified atom stereocenters. The minimum atomic E-state index is 0.265. The third kappa shape index (κ3) is 13.9. The van der Waals surface area contributed by atoms with Crippen LogP contribution in [0.1, 0.15) is 81.1 Å². The zero-order valence-corrected chi connectivity index (χ0v) is 20.5. The maximum absolute atomic E-state index is 3.54. The number of likely N-dealkylation sites (tertiary alicyclic amines) is 2. The van der Waals surface area contributed by atoms with Crippen molar-refractivity contribution in [3.63, 3.8) is 0 Å². The number of rotatable bonds is 6. The molecule has 168 valence electrons. The summed E-state index contributed by atoms with van der Waals surface area (Å²) in [6.45, 7) is 28.0. The summed E-state index contributed by atoms with van der Waals surface area (Å²) in [7, 11) is 0. The van der Waals surface area contributed by atoms with Gasteiger partial charge in [-0.05, 0) is 92.2 Å². The number of nitrogens with one attached hydrogen (secondary N) is 2. The highest BCUT2D eigenvalue weighted by Crippen LogP contribution is 2.15. The van der Waals surface area contributed by atoms with Gasteiger partial charge in [0.1, 0.15) is 0 Å². The largest absolute Gasteiger partial charge is 0.311 e. The molecule has 28 heavy (non-hydrogen) atoms. The fraction of sp³-hybridized carbons (Fsp3) is 1.00. The van der Waals surface area contributed by atoms with Crippen molar-refractivity contribution in [1.82, 2.24) is 20.4 Å². The summed E-state index contributed by atoms with van der Waals surface area (Å²) in [6, 6.07) is 0. The van der Waals surface area contributed by atoms with Gasteiger partial charge in [-0.2, -0.15) is 0 Å². The van der Waals surface area contributed by atoms with Gasteiger partial charge in [0.05, 0.1) is 0 Å². The number of hydrogen-bond donors (Lipinski definition) is 2. The Labute approximate surface area is 177 Å². The highest BCUT2D eigenvalue weighted by Gasteiger charge is 2.17. The average Bonchev–Trinajstić information content (AvgIpc) is 2.53. The van der Waals surface area contributed by atoms with Crippen LogP contribution in [-0.4, -0.2) is 73.2 Å². The zero-order valence-electron chi connectivity index (χ0n) is 20.5. The molecule has 2 atom stereocenters. The Morgan fingerprint density at radius 2 is 1.04 bits per heavy atom. The van der Waals surface area contributed by atoms with Gasteiger partial charge < -0.3 is 20.4 Å². The van der Waals surface area contributed by atoms with Crippen LogP contribution in [0.3, 0.4) is 0 Å². The maximum atomic E-state index is 3.54. The van der Waals surface area contributed by atoms with E-state index >= 15 is 0 Å². The van der Waals surface area contributed by atoms with Crippen molar-refractivity contribution in [2.45, 2.75) is 92.2 Å². The van der Waals surface area contributed by atoms with Crippen molar-refractivity contribution in [3.8, 4) is 0 Å². The van der Waals surface area contributed by atoms with E-state index in [1.54, 1.807) is 0 Å². The molecule has 2 aliphatic rings. The molecule has 2 N–H and O–H groups in total. The summed E-state index contributed by atoms with van der Waals surface area (Å²) in [5.74, 6) is 1.80. The van der Waals surface area contributed by atoms with Crippen molar-refractivity contribution in [3.05, 3.63) is 0 Å². The van der Waals surface area contributed by atoms with Crippen LogP contribution >= 0.6 is 0 Å². The van der Waals surface area contributed by atoms with E-state index in [9.17, 15) is 0 Å². The van der Waals surface area contributed by atoms with Gasteiger partial charge in [-0.3, -0.25) is 0 Å². The molecule has 0 radical (unpaired) electrons. The molecule has 4 heteroatoms. The molecule has 2 fully saturated rings. The molecule has 0 aromatic heterocycles. The molecular formula is C24H52N4. The Hall–Kier alpha value is -0.160. The zero-order chi connectivity index (χ0) is 21.2. The van der Waals surface area contributed by atoms with Gasteiger partial charge in [0, 0.05) is 50.3 Å². The van der Waals surface area contributed by atoms with Gasteiger partial charge in [-0.1, -0.05) is 13.8 Å². The first-order valence-corrected chi connectivity index (χ1v) is 11.9. The normalized spacial score (nSPS) is 25.3. The Balaban J connectivity index is 0.000000280. The van der Waals surface area contributed by atoms with Crippen LogP contribution in [0.4, 0.5) is 0 Å². The third-order valence-corrected chi connectivity index (χ3v) is 5.65. The number of hydrogen-bond acceptors (Lipinski definition) is 4. The van der Waals surface area contributed by atoms with E-state index in [4.69, 9.17) is 0 Å². The molecule has 2 heterocycles. The summed E-state index contributed by atoms with van der Waals surface area (Å²) >= 11 is 0. The Kier molecular flexibility index (Phi) is 11.6. The lowest BCUT2D eigenvalue weighted by Crippen LogP contribution is -2.43. The van der Waals surface area contributed by atoms with Crippen molar-refractivity contribution in [2.24, 2.45) is 11.8 Å². The van der Waals surface area contributed by atoms with E-state index in [2.05, 4.69) is 75.8 Å². The molecular weight excluding hydrogens is 344 g/mol. The highest BCUT2D eigenvalue weighted by atomic mass is 15.2. The second-order valence-electron chi connectivity index (χ2n) is 11.4. The first-order chi connectivity index (χ1) is 12.9. The topological polar surface area (TPSA) is 30.5 Å². The Morgan fingerprint density at radius 1 is 0.679 bits per heavy atom. The molecule has 2 saturated heterocycles. The van der Waals surface area contributed by atoms with E-state index in [-0.39, 0.29) is 11.1 Å². The lowest BCUT2D eigenvalue weighted by Gasteiger charge is -2.32. The minimum Gasteiger partial charge on any atom is -0.311 e. The standard InChI is InChI=1S/2C12H26N2/c2*1-11-6-5-8-14(10-11)9-7-13-12(2,3)4/h2*11,13H,5-10H2,1-4H3/t2*11-/m10/s1. The molecule has 0 saturated carbocycles. The van der Waals surface area contributed by atoms with Crippen LogP contribution in [-0.2, 0) is 0 Å². The van der Waals surface area contributed by atoms with Crippen molar-refractivity contribution >= 4 is 0 Å². The molecule has 4 nitrogen and oxygen atoms in total. The van der Waals surface area contributed by atoms with E-state index < -0.39 is 0 Å². The molecule has 0 aliphatic carbocycles. The van der Waals surface area contributed by atoms with E-state index in [0.717, 1.165) is 24.9 Å². The van der Waals surface area contributed by atoms with Gasteiger partial charge >= 0.3 is 0 Å². The lowest BCUT2D eigenvalue weighted by molar-refractivity contribution is 0.180. The molecule has 0 spiro atoms. The fourth-order valence-corrected chi connectivity index (χ4v) is 4.16. The van der Waals surface area contributed by atoms with Gasteiger partial charge in [0.15, 0.2) is 0 Å². The molecule has 0 aromatic carbocycles. The molecule has 2 aliphatic heterocycles. The minimum absolute atomic E-state index is 0.265. The monoisotopic (exact) mass is 396 g/mol. The maximum Gasteiger partial charge on any atom is 0.0107 e. The van der Waals surface area contributed by atoms with Crippen LogP contribution in [0.5, 0.6) is 0 Å². The molecule has 2 rings (SSSR count). The van der Waals surface area contributed by atoms with Crippen molar-refractivity contribution in [1.29, 1.82) is 0 Å². The summed E-state index contributed by atoms with van der Waals surface area (Å²) in [6.07, 6.45) is 5.61. The highest BCUT2D eigenvalue weighted by molar-refractivity contribution is 4.75. The van der Waals surface area contributed by atoms with Gasteiger partial charge in [0.25, 0.3) is 0 Å². The molecule has 0 aromatic rings. The lowest BCUT2D eigenvalue weighted by atomic mass is 10.0. The molecule has 0 bridgehead atoms. The van der Waals surface area contributed by atoms with Crippen LogP contribution in [0.15, 0.2) is 0 Å². The Morgan fingerprint density at radius 3 is 1.32 bits per heavy atom. The van der Waals surface area contributed by atoms with Crippen LogP contribution in [0.25, 0.3) is 0 Å². The van der Waals surface area contributed by atoms with Crippen molar-refractivity contribution < 1.29 is 0 Å².